The molecule has 0 spiro atoms. The van der Waals surface area contributed by atoms with E-state index in [0.29, 0.717) is 0 Å². The van der Waals surface area contributed by atoms with Crippen LogP contribution in [0, 0.1) is 0 Å². The number of nitrogens with two attached hydrogens (primary N) is 1. The maximum absolute atomic E-state index is 11.7. The zero-order valence-corrected chi connectivity index (χ0v) is 19.3. The predicted molar refractivity (Wildman–Crippen MR) is 114 cm³/mol. The van der Waals surface area contributed by atoms with Gasteiger partial charge in [-0.3, -0.25) is 30.0 Å². The van der Waals surface area contributed by atoms with Gasteiger partial charge in [-0.1, -0.05) is 0 Å². The summed E-state index contributed by atoms with van der Waals surface area (Å²) in [4.78, 5) is 46.4. The van der Waals surface area contributed by atoms with Crippen LogP contribution >= 0.6 is 24.4 Å². The van der Waals surface area contributed by atoms with Crippen molar-refractivity contribution >= 4 is 58.5 Å². The molecule has 1 saturated heterocycles. The molecule has 5 atom stereocenters. The third kappa shape index (κ3) is 9.99. The van der Waals surface area contributed by atoms with Crippen LogP contribution in [0.15, 0.2) is 0 Å². The van der Waals surface area contributed by atoms with Crippen LogP contribution in [0.25, 0.3) is 0 Å². The first-order chi connectivity index (χ1) is 14.4. The highest BCUT2D eigenvalue weighted by Crippen LogP contribution is 2.28. The Bertz CT molecular complexity index is 738. The molecule has 0 bridgehead atoms. The summed E-state index contributed by atoms with van der Waals surface area (Å²) in [5.74, 6) is -2.84. The number of esters is 4. The quantitative estimate of drug-likeness (QED) is 0.129. The summed E-state index contributed by atoms with van der Waals surface area (Å²) in [5, 5.41) is 2.51. The minimum absolute atomic E-state index is 0. The fourth-order valence-corrected chi connectivity index (χ4v) is 2.85. The van der Waals surface area contributed by atoms with Crippen molar-refractivity contribution in [3.8, 4) is 0 Å². The van der Waals surface area contributed by atoms with Gasteiger partial charge in [0, 0.05) is 27.7 Å². The lowest BCUT2D eigenvalue weighted by molar-refractivity contribution is -0.254. The normalized spacial score (nSPS) is 23.9. The molecule has 1 fully saturated rings. The Morgan fingerprint density at radius 1 is 0.844 bits per heavy atom. The Morgan fingerprint density at radius 2 is 1.34 bits per heavy atom. The molecule has 32 heavy (non-hydrogen) atoms. The fourth-order valence-electron chi connectivity index (χ4n) is 2.63. The molecule has 182 valence electrons. The number of carbonyl (C=O) groups excluding carboxylic acids is 4. The molecule has 0 radical (unpaired) electrons. The van der Waals surface area contributed by atoms with Crippen LogP contribution in [0.5, 0.6) is 0 Å². The second-order valence-corrected chi connectivity index (χ2v) is 7.06. The van der Waals surface area contributed by atoms with E-state index in [1.807, 2.05) is 0 Å². The third-order valence-electron chi connectivity index (χ3n) is 3.56. The molecular formula is C16H26N4O10S2. The summed E-state index contributed by atoms with van der Waals surface area (Å²) in [6.07, 6.45) is -6.20. The molecular weight excluding hydrogens is 472 g/mol. The van der Waals surface area contributed by atoms with Gasteiger partial charge in [0.25, 0.3) is 0 Å². The van der Waals surface area contributed by atoms with E-state index in [0.717, 1.165) is 20.8 Å². The predicted octanol–water partition coefficient (Wildman–Crippen LogP) is -2.54. The first-order valence-corrected chi connectivity index (χ1v) is 9.64. The highest BCUT2D eigenvalue weighted by Gasteiger charge is 2.52. The summed E-state index contributed by atoms with van der Waals surface area (Å²) in [7, 11) is 0. The average Bonchev–Trinajstić information content (AvgIpc) is 2.62. The van der Waals surface area contributed by atoms with Crippen LogP contribution in [-0.4, -0.2) is 76.8 Å². The summed E-state index contributed by atoms with van der Waals surface area (Å²) in [6.45, 7) is 4.18. The van der Waals surface area contributed by atoms with E-state index >= 15 is 0 Å². The number of thiocarbonyl (C=S) groups is 2. The lowest BCUT2D eigenvalue weighted by atomic mass is 9.97. The number of ether oxygens (including phenoxy) is 5. The summed E-state index contributed by atoms with van der Waals surface area (Å²) in [6, 6.07) is 0. The Hall–Kier alpha value is -2.82. The fraction of sp³-hybridized carbons (Fsp3) is 0.625. The summed E-state index contributed by atoms with van der Waals surface area (Å²) >= 11 is 9.75. The number of hydrogen-bond donors (Lipinski definition) is 4. The van der Waals surface area contributed by atoms with Crippen molar-refractivity contribution in [1.29, 1.82) is 0 Å². The number of rotatable bonds is 6. The minimum atomic E-state index is -1.32. The Balaban J connectivity index is 0.00000961. The van der Waals surface area contributed by atoms with Crippen molar-refractivity contribution in [1.82, 2.24) is 16.2 Å². The third-order valence-corrected chi connectivity index (χ3v) is 3.89. The monoisotopic (exact) mass is 498 g/mol. The smallest absolute Gasteiger partial charge is 0.303 e. The van der Waals surface area contributed by atoms with E-state index in [9.17, 15) is 19.2 Å². The van der Waals surface area contributed by atoms with Crippen LogP contribution in [0.1, 0.15) is 27.7 Å². The van der Waals surface area contributed by atoms with Gasteiger partial charge in [-0.15, -0.1) is 0 Å². The molecule has 0 saturated carbocycles. The van der Waals surface area contributed by atoms with E-state index in [2.05, 4.69) is 28.4 Å². The molecule has 1 rings (SSSR count). The van der Waals surface area contributed by atoms with E-state index in [1.54, 1.807) is 0 Å². The van der Waals surface area contributed by atoms with Crippen molar-refractivity contribution in [2.75, 3.05) is 6.61 Å². The first-order valence-electron chi connectivity index (χ1n) is 8.83. The number of carbonyl (C=O) groups is 4. The molecule has 0 aromatic rings. The SMILES string of the molecule is CC(=O)OC[C@H]1O[C@@H](NC(=S)NNC(N)=S)[C@H](OC(C)=O)[C@@H](OC(C)=O)[C@@H]1OC(C)=O.O. The van der Waals surface area contributed by atoms with Gasteiger partial charge in [-0.25, -0.2) is 0 Å². The van der Waals surface area contributed by atoms with Gasteiger partial charge >= 0.3 is 23.9 Å². The van der Waals surface area contributed by atoms with Crippen LogP contribution in [-0.2, 0) is 42.9 Å². The molecule has 0 aromatic heterocycles. The highest BCUT2D eigenvalue weighted by atomic mass is 32.1. The molecule has 1 heterocycles. The number of hydrogen-bond acceptors (Lipinski definition) is 11. The van der Waals surface area contributed by atoms with E-state index < -0.39 is 54.5 Å². The highest BCUT2D eigenvalue weighted by molar-refractivity contribution is 7.80. The van der Waals surface area contributed by atoms with Crippen molar-refractivity contribution in [3.63, 3.8) is 0 Å². The maximum atomic E-state index is 11.7. The Morgan fingerprint density at radius 3 is 1.81 bits per heavy atom. The first kappa shape index (κ1) is 29.2. The van der Waals surface area contributed by atoms with Gasteiger partial charge in [0.1, 0.15) is 12.7 Å². The lowest BCUT2D eigenvalue weighted by Gasteiger charge is -2.44. The number of nitrogens with one attached hydrogen (secondary N) is 3. The van der Waals surface area contributed by atoms with Gasteiger partial charge in [0.2, 0.25) is 0 Å². The summed E-state index contributed by atoms with van der Waals surface area (Å²) in [5.41, 5.74) is 10.2. The molecule has 7 N–H and O–H groups in total. The minimum Gasteiger partial charge on any atom is -0.463 e. The molecule has 1 aliphatic rings. The number of hydrazine groups is 1. The van der Waals surface area contributed by atoms with Crippen molar-refractivity contribution in [2.45, 2.75) is 58.3 Å². The molecule has 0 amide bonds. The standard InChI is InChI=1S/C16H24N4O9S2.H2O/c1-6(21)25-5-10-11(26-7(2)22)12(27-8(3)23)13(28-9(4)24)14(29-10)18-16(31)20-19-15(17)30;/h10-14H,5H2,1-4H3,(H3,17,19,30)(H2,18,20,31);1H2/t10-,11-,12+,13-,14-;/m1./s1. The van der Waals surface area contributed by atoms with Gasteiger partial charge in [-0.05, 0) is 24.4 Å². The van der Waals surface area contributed by atoms with Crippen LogP contribution in [0.4, 0.5) is 0 Å². The molecule has 16 heteroatoms. The Kier molecular flexibility index (Phi) is 12.4. The van der Waals surface area contributed by atoms with Gasteiger partial charge in [0.15, 0.2) is 34.8 Å². The Labute approximate surface area is 194 Å². The van der Waals surface area contributed by atoms with E-state index in [4.69, 9.17) is 41.6 Å². The lowest BCUT2D eigenvalue weighted by Crippen LogP contribution is -2.67. The van der Waals surface area contributed by atoms with Crippen LogP contribution in [0.3, 0.4) is 0 Å². The van der Waals surface area contributed by atoms with Crippen molar-refractivity contribution in [3.05, 3.63) is 0 Å². The zero-order valence-electron chi connectivity index (χ0n) is 17.7. The van der Waals surface area contributed by atoms with Crippen LogP contribution in [0.2, 0.25) is 0 Å². The van der Waals surface area contributed by atoms with E-state index in [-0.39, 0.29) is 22.3 Å². The van der Waals surface area contributed by atoms with Gasteiger partial charge in [0.05, 0.1) is 0 Å². The topological polar surface area (TPSA) is 208 Å². The zero-order chi connectivity index (χ0) is 23.7. The van der Waals surface area contributed by atoms with Gasteiger partial charge in [-0.2, -0.15) is 0 Å². The molecule has 1 aliphatic heterocycles. The maximum Gasteiger partial charge on any atom is 0.303 e. The molecule has 0 aromatic carbocycles. The average molecular weight is 499 g/mol. The molecule has 0 unspecified atom stereocenters. The summed E-state index contributed by atoms with van der Waals surface area (Å²) < 4.78 is 26.6. The van der Waals surface area contributed by atoms with Crippen LogP contribution < -0.4 is 21.9 Å². The second-order valence-electron chi connectivity index (χ2n) is 6.21. The largest absolute Gasteiger partial charge is 0.463 e. The second kappa shape index (κ2) is 13.6. The van der Waals surface area contributed by atoms with E-state index in [1.165, 1.54) is 6.92 Å². The van der Waals surface area contributed by atoms with Crippen molar-refractivity contribution in [2.24, 2.45) is 5.73 Å². The van der Waals surface area contributed by atoms with Crippen molar-refractivity contribution < 1.29 is 48.3 Å². The molecule has 0 aliphatic carbocycles. The molecule has 14 nitrogen and oxygen atoms in total. The van der Waals surface area contributed by atoms with Gasteiger partial charge < -0.3 is 40.2 Å².